The summed E-state index contributed by atoms with van der Waals surface area (Å²) in [6.07, 6.45) is -4.14. The third-order valence-corrected chi connectivity index (χ3v) is 1.69. The van der Waals surface area contributed by atoms with Gasteiger partial charge in [0, 0.05) is 0 Å². The van der Waals surface area contributed by atoms with Crippen molar-refractivity contribution in [3.05, 3.63) is 0 Å². The molecule has 0 unspecified atom stereocenters. The molecule has 0 heterocycles. The van der Waals surface area contributed by atoms with E-state index < -0.39 is 37.0 Å². The zero-order valence-electron chi connectivity index (χ0n) is 7.81. The quantitative estimate of drug-likeness (QED) is 0.573. The maximum Gasteiger partial charge on any atom is 0.383 e. The van der Waals surface area contributed by atoms with Crippen molar-refractivity contribution in [1.29, 1.82) is 0 Å². The lowest BCUT2D eigenvalue weighted by Crippen LogP contribution is -2.57. The molecule has 0 radical (unpaired) electrons. The molecule has 0 rings (SSSR count). The summed E-state index contributed by atoms with van der Waals surface area (Å²) in [5.41, 5.74) is -1.75. The first kappa shape index (κ1) is 14.1. The average molecular weight is 233 g/mol. The Balaban J connectivity index is 4.62. The molecule has 90 valence electrons. The number of hydrogen-bond acceptors (Lipinski definition) is 3. The van der Waals surface area contributed by atoms with Gasteiger partial charge < -0.3 is 15.5 Å². The van der Waals surface area contributed by atoms with Crippen molar-refractivity contribution in [3.8, 4) is 0 Å². The van der Waals surface area contributed by atoms with Gasteiger partial charge in [-0.2, -0.15) is 8.78 Å². The lowest BCUT2D eigenvalue weighted by molar-refractivity contribution is -0.172. The SMILES string of the molecule is CC(CO)(CO)NC(=O)C(F)(F)C(F)F. The van der Waals surface area contributed by atoms with Gasteiger partial charge in [-0.15, -0.1) is 0 Å². The first-order valence-corrected chi connectivity index (χ1v) is 3.90. The lowest BCUT2D eigenvalue weighted by atomic mass is 10.1. The van der Waals surface area contributed by atoms with Crippen LogP contribution in [0.15, 0.2) is 0 Å². The van der Waals surface area contributed by atoms with E-state index in [0.29, 0.717) is 0 Å². The second-order valence-corrected chi connectivity index (χ2v) is 3.25. The van der Waals surface area contributed by atoms with E-state index in [1.165, 1.54) is 5.32 Å². The van der Waals surface area contributed by atoms with Gasteiger partial charge in [-0.25, -0.2) is 8.78 Å². The predicted octanol–water partition coefficient (Wildman–Crippen LogP) is -0.254. The Bertz CT molecular complexity index is 230. The van der Waals surface area contributed by atoms with Crippen LogP contribution >= 0.6 is 0 Å². The van der Waals surface area contributed by atoms with Crippen molar-refractivity contribution >= 4 is 5.91 Å². The number of hydrogen-bond donors (Lipinski definition) is 3. The maximum atomic E-state index is 12.4. The fourth-order valence-electron chi connectivity index (χ4n) is 0.586. The Morgan fingerprint density at radius 1 is 1.33 bits per heavy atom. The Kier molecular flexibility index (Phi) is 4.47. The topological polar surface area (TPSA) is 69.6 Å². The summed E-state index contributed by atoms with van der Waals surface area (Å²) < 4.78 is 48.3. The van der Waals surface area contributed by atoms with E-state index >= 15 is 0 Å². The molecule has 0 aromatic rings. The van der Waals surface area contributed by atoms with E-state index in [2.05, 4.69) is 0 Å². The number of carbonyl (C=O) groups is 1. The van der Waals surface area contributed by atoms with Crippen LogP contribution in [0.1, 0.15) is 6.92 Å². The minimum absolute atomic E-state index is 0.853. The van der Waals surface area contributed by atoms with Crippen molar-refractivity contribution in [1.82, 2.24) is 5.32 Å². The summed E-state index contributed by atoms with van der Waals surface area (Å²) in [7, 11) is 0. The van der Waals surface area contributed by atoms with Gasteiger partial charge in [-0.3, -0.25) is 4.79 Å². The number of aliphatic hydroxyl groups is 2. The minimum Gasteiger partial charge on any atom is -0.394 e. The highest BCUT2D eigenvalue weighted by atomic mass is 19.3. The lowest BCUT2D eigenvalue weighted by Gasteiger charge is -2.28. The Morgan fingerprint density at radius 2 is 1.73 bits per heavy atom. The zero-order valence-corrected chi connectivity index (χ0v) is 7.81. The molecule has 8 heteroatoms. The molecule has 0 bridgehead atoms. The van der Waals surface area contributed by atoms with E-state index in [0.717, 1.165) is 6.92 Å². The summed E-state index contributed by atoms with van der Waals surface area (Å²) >= 11 is 0. The molecule has 0 aliphatic heterocycles. The molecule has 0 saturated heterocycles. The Hall–Kier alpha value is -0.890. The number of rotatable bonds is 5. The number of alkyl halides is 4. The van der Waals surface area contributed by atoms with Crippen molar-refractivity contribution in [3.63, 3.8) is 0 Å². The number of halogens is 4. The standard InChI is InChI=1S/C7H11F4NO3/c1-6(2-13,3-14)12-5(15)7(10,11)4(8)9/h4,13-14H,2-3H2,1H3,(H,12,15). The summed E-state index contributed by atoms with van der Waals surface area (Å²) in [5, 5.41) is 18.7. The summed E-state index contributed by atoms with van der Waals surface area (Å²) in [4.78, 5) is 10.7. The molecule has 0 aromatic heterocycles. The van der Waals surface area contributed by atoms with Gasteiger partial charge in [-0.05, 0) is 6.92 Å². The molecule has 0 fully saturated rings. The molecule has 0 aliphatic rings. The normalized spacial score (nSPS) is 13.1. The second kappa shape index (κ2) is 4.75. The molecular formula is C7H11F4NO3. The third kappa shape index (κ3) is 3.31. The predicted molar refractivity (Wildman–Crippen MR) is 41.7 cm³/mol. The second-order valence-electron chi connectivity index (χ2n) is 3.25. The molecule has 3 N–H and O–H groups in total. The van der Waals surface area contributed by atoms with Crippen molar-refractivity contribution in [2.75, 3.05) is 13.2 Å². The molecule has 15 heavy (non-hydrogen) atoms. The number of carbonyl (C=O) groups excluding carboxylic acids is 1. The fraction of sp³-hybridized carbons (Fsp3) is 0.857. The van der Waals surface area contributed by atoms with E-state index in [4.69, 9.17) is 10.2 Å². The Morgan fingerprint density at radius 3 is 2.00 bits per heavy atom. The van der Waals surface area contributed by atoms with Crippen LogP contribution in [0.25, 0.3) is 0 Å². The van der Waals surface area contributed by atoms with Crippen molar-refractivity contribution in [2.24, 2.45) is 0 Å². The molecule has 0 spiro atoms. The number of nitrogens with one attached hydrogen (secondary N) is 1. The molecule has 0 saturated carbocycles. The van der Waals surface area contributed by atoms with E-state index in [-0.39, 0.29) is 0 Å². The van der Waals surface area contributed by atoms with Gasteiger partial charge in [0.15, 0.2) is 0 Å². The van der Waals surface area contributed by atoms with Gasteiger partial charge in [0.25, 0.3) is 5.91 Å². The van der Waals surface area contributed by atoms with Crippen LogP contribution in [0.5, 0.6) is 0 Å². The highest BCUT2D eigenvalue weighted by Crippen LogP contribution is 2.23. The van der Waals surface area contributed by atoms with Crippen LogP contribution in [0.3, 0.4) is 0 Å². The van der Waals surface area contributed by atoms with Crippen molar-refractivity contribution in [2.45, 2.75) is 24.8 Å². The van der Waals surface area contributed by atoms with Gasteiger partial charge in [0.05, 0.1) is 18.8 Å². The van der Waals surface area contributed by atoms with Crippen molar-refractivity contribution < 1.29 is 32.6 Å². The Labute approximate surface area is 82.9 Å². The minimum atomic E-state index is -4.84. The highest BCUT2D eigenvalue weighted by molar-refractivity contribution is 5.84. The van der Waals surface area contributed by atoms with Crippen LogP contribution < -0.4 is 5.32 Å². The number of aliphatic hydroxyl groups excluding tert-OH is 2. The van der Waals surface area contributed by atoms with E-state index in [1.54, 1.807) is 0 Å². The van der Waals surface area contributed by atoms with Gasteiger partial charge in [0.1, 0.15) is 0 Å². The van der Waals surface area contributed by atoms with Crippen LogP contribution in [0, 0.1) is 0 Å². The van der Waals surface area contributed by atoms with Crippen LogP contribution in [0.4, 0.5) is 17.6 Å². The molecule has 4 nitrogen and oxygen atoms in total. The monoisotopic (exact) mass is 233 g/mol. The summed E-state index contributed by atoms with van der Waals surface area (Å²) in [5.74, 6) is -7.07. The summed E-state index contributed by atoms with van der Waals surface area (Å²) in [6, 6.07) is 0. The highest BCUT2D eigenvalue weighted by Gasteiger charge is 2.50. The maximum absolute atomic E-state index is 12.4. The molecule has 0 aliphatic carbocycles. The van der Waals surface area contributed by atoms with Crippen LogP contribution in [-0.4, -0.2) is 47.2 Å². The molecule has 0 aromatic carbocycles. The average Bonchev–Trinajstić information content (AvgIpc) is 2.17. The van der Waals surface area contributed by atoms with E-state index in [1.807, 2.05) is 0 Å². The number of amides is 1. The third-order valence-electron chi connectivity index (χ3n) is 1.69. The van der Waals surface area contributed by atoms with Crippen LogP contribution in [-0.2, 0) is 4.79 Å². The van der Waals surface area contributed by atoms with Gasteiger partial charge in [-0.1, -0.05) is 0 Å². The fourth-order valence-corrected chi connectivity index (χ4v) is 0.586. The van der Waals surface area contributed by atoms with Crippen LogP contribution in [0.2, 0.25) is 0 Å². The summed E-state index contributed by atoms with van der Waals surface area (Å²) in [6.45, 7) is -0.671. The largest absolute Gasteiger partial charge is 0.394 e. The van der Waals surface area contributed by atoms with Gasteiger partial charge >= 0.3 is 12.3 Å². The zero-order chi connectivity index (χ0) is 12.3. The molecule has 0 atom stereocenters. The molecule has 1 amide bonds. The van der Waals surface area contributed by atoms with E-state index in [9.17, 15) is 22.4 Å². The van der Waals surface area contributed by atoms with Gasteiger partial charge in [0.2, 0.25) is 0 Å². The molecular weight excluding hydrogens is 222 g/mol. The first-order valence-electron chi connectivity index (χ1n) is 3.90. The smallest absolute Gasteiger partial charge is 0.383 e. The first-order chi connectivity index (χ1) is 6.69.